The van der Waals surface area contributed by atoms with Crippen molar-refractivity contribution in [1.29, 1.82) is 0 Å². The maximum absolute atomic E-state index is 12.2. The number of hydrogen-bond donors (Lipinski definition) is 2. The van der Waals surface area contributed by atoms with Crippen LogP contribution in [0.25, 0.3) is 0 Å². The van der Waals surface area contributed by atoms with Gasteiger partial charge in [0.05, 0.1) is 5.02 Å². The first-order valence-electron chi connectivity index (χ1n) is 5.72. The van der Waals surface area contributed by atoms with E-state index in [2.05, 4.69) is 4.72 Å². The monoisotopic (exact) mass is 365 g/mol. The number of phenolic OH excluding ortho intramolecular Hbond substituents is 1. The van der Waals surface area contributed by atoms with E-state index in [1.807, 2.05) is 0 Å². The predicted molar refractivity (Wildman–Crippen MR) is 83.6 cm³/mol. The molecule has 2 N–H and O–H groups in total. The molecule has 0 aliphatic rings. The van der Waals surface area contributed by atoms with Crippen molar-refractivity contribution < 1.29 is 13.5 Å². The van der Waals surface area contributed by atoms with Crippen molar-refractivity contribution in [3.8, 4) is 5.75 Å². The van der Waals surface area contributed by atoms with Crippen LogP contribution in [0.1, 0.15) is 5.56 Å². The van der Waals surface area contributed by atoms with E-state index in [1.54, 1.807) is 24.3 Å². The Balaban J connectivity index is 2.25. The summed E-state index contributed by atoms with van der Waals surface area (Å²) in [7, 11) is -3.95. The Bertz CT molecular complexity index is 761. The molecule has 0 fully saturated rings. The minimum absolute atomic E-state index is 0.0447. The van der Waals surface area contributed by atoms with Crippen molar-refractivity contribution >= 4 is 44.8 Å². The molecule has 0 unspecified atom stereocenters. The lowest BCUT2D eigenvalue weighted by molar-refractivity contribution is 0.458. The van der Waals surface area contributed by atoms with E-state index in [0.29, 0.717) is 5.02 Å². The molecule has 0 radical (unpaired) electrons. The first kappa shape index (κ1) is 16.4. The maximum Gasteiger partial charge on any atom is 0.244 e. The number of phenols is 1. The molecule has 2 aromatic carbocycles. The van der Waals surface area contributed by atoms with Gasteiger partial charge in [0.1, 0.15) is 4.90 Å². The van der Waals surface area contributed by atoms with E-state index in [4.69, 9.17) is 34.8 Å². The first-order valence-corrected chi connectivity index (χ1v) is 8.33. The van der Waals surface area contributed by atoms with Gasteiger partial charge in [-0.1, -0.05) is 46.9 Å². The van der Waals surface area contributed by atoms with E-state index in [0.717, 1.165) is 11.6 Å². The lowest BCUT2D eigenvalue weighted by atomic mass is 10.2. The van der Waals surface area contributed by atoms with Gasteiger partial charge in [0.25, 0.3) is 0 Å². The molecule has 2 rings (SSSR count). The number of rotatable bonds is 4. The molecule has 0 amide bonds. The summed E-state index contributed by atoms with van der Waals surface area (Å²) in [5, 5.41) is 10.3. The summed E-state index contributed by atoms with van der Waals surface area (Å²) in [5.74, 6) is -0.537. The molecule has 0 aliphatic heterocycles. The third kappa shape index (κ3) is 4.02. The van der Waals surface area contributed by atoms with Crippen LogP contribution >= 0.6 is 34.8 Å². The second-order valence-corrected chi connectivity index (χ2v) is 7.20. The van der Waals surface area contributed by atoms with Crippen molar-refractivity contribution in [3.05, 3.63) is 57.0 Å². The molecule has 0 saturated carbocycles. The van der Waals surface area contributed by atoms with Crippen LogP contribution in [0.15, 0.2) is 41.3 Å². The van der Waals surface area contributed by atoms with Crippen molar-refractivity contribution in [3.63, 3.8) is 0 Å². The summed E-state index contributed by atoms with van der Waals surface area (Å²) in [4.78, 5) is -0.367. The Morgan fingerprint density at radius 3 is 2.24 bits per heavy atom. The lowest BCUT2D eigenvalue weighted by Gasteiger charge is -2.10. The van der Waals surface area contributed by atoms with Crippen LogP contribution in [0, 0.1) is 0 Å². The molecule has 0 aromatic heterocycles. The zero-order valence-corrected chi connectivity index (χ0v) is 13.6. The minimum atomic E-state index is -3.95. The zero-order chi connectivity index (χ0) is 15.6. The van der Waals surface area contributed by atoms with Gasteiger partial charge < -0.3 is 5.11 Å². The molecule has 2 aromatic rings. The van der Waals surface area contributed by atoms with Gasteiger partial charge >= 0.3 is 0 Å². The molecule has 21 heavy (non-hydrogen) atoms. The Labute approximate surface area is 137 Å². The van der Waals surface area contributed by atoms with Crippen molar-refractivity contribution in [2.24, 2.45) is 0 Å². The highest BCUT2D eigenvalue weighted by molar-refractivity contribution is 7.89. The second kappa shape index (κ2) is 6.42. The van der Waals surface area contributed by atoms with Gasteiger partial charge in [-0.2, -0.15) is 0 Å². The third-order valence-corrected chi connectivity index (χ3v) is 4.84. The highest BCUT2D eigenvalue weighted by atomic mass is 35.5. The van der Waals surface area contributed by atoms with Gasteiger partial charge in [0.2, 0.25) is 10.0 Å². The molecule has 0 bridgehead atoms. The minimum Gasteiger partial charge on any atom is -0.505 e. The maximum atomic E-state index is 12.2. The number of aromatic hydroxyl groups is 1. The summed E-state index contributed by atoms with van der Waals surface area (Å²) >= 11 is 17.2. The van der Waals surface area contributed by atoms with Gasteiger partial charge in [-0.3, -0.25) is 0 Å². The third-order valence-electron chi connectivity index (χ3n) is 2.66. The van der Waals surface area contributed by atoms with Crippen LogP contribution in [-0.2, 0) is 16.6 Å². The van der Waals surface area contributed by atoms with Crippen LogP contribution in [0.5, 0.6) is 5.75 Å². The van der Waals surface area contributed by atoms with Crippen molar-refractivity contribution in [2.75, 3.05) is 0 Å². The Kier molecular flexibility index (Phi) is 5.01. The fourth-order valence-electron chi connectivity index (χ4n) is 1.61. The smallest absolute Gasteiger partial charge is 0.244 e. The first-order chi connectivity index (χ1) is 9.79. The fourth-order valence-corrected chi connectivity index (χ4v) is 3.50. The second-order valence-electron chi connectivity index (χ2n) is 4.19. The average molecular weight is 367 g/mol. The van der Waals surface area contributed by atoms with E-state index in [9.17, 15) is 13.5 Å². The van der Waals surface area contributed by atoms with Crippen LogP contribution in [0.4, 0.5) is 0 Å². The number of sulfonamides is 1. The molecular formula is C13H10Cl3NO3S. The predicted octanol–water partition coefficient (Wildman–Crippen LogP) is 3.83. The van der Waals surface area contributed by atoms with Gasteiger partial charge in [-0.15, -0.1) is 0 Å². The molecule has 0 saturated heterocycles. The SMILES string of the molecule is O=S(=O)(NCc1ccc(Cl)cc1)c1cc(Cl)cc(Cl)c1O. The molecule has 4 nitrogen and oxygen atoms in total. The number of nitrogens with one attached hydrogen (secondary N) is 1. The molecule has 0 spiro atoms. The zero-order valence-electron chi connectivity index (χ0n) is 10.5. The molecule has 0 atom stereocenters. The number of benzene rings is 2. The highest BCUT2D eigenvalue weighted by Crippen LogP contribution is 2.34. The van der Waals surface area contributed by atoms with E-state index < -0.39 is 15.8 Å². The molecule has 0 heterocycles. The average Bonchev–Trinajstić information content (AvgIpc) is 2.42. The lowest BCUT2D eigenvalue weighted by Crippen LogP contribution is -2.23. The van der Waals surface area contributed by atoms with Crippen LogP contribution < -0.4 is 4.72 Å². The highest BCUT2D eigenvalue weighted by Gasteiger charge is 2.21. The molecular weight excluding hydrogens is 357 g/mol. The van der Waals surface area contributed by atoms with Gasteiger partial charge in [0.15, 0.2) is 5.75 Å². The Hall–Kier alpha value is -0.980. The number of hydrogen-bond acceptors (Lipinski definition) is 3. The number of halogens is 3. The topological polar surface area (TPSA) is 66.4 Å². The summed E-state index contributed by atoms with van der Waals surface area (Å²) in [6, 6.07) is 9.08. The normalized spacial score (nSPS) is 11.6. The van der Waals surface area contributed by atoms with Crippen LogP contribution in [0.3, 0.4) is 0 Å². The van der Waals surface area contributed by atoms with Crippen LogP contribution in [0.2, 0.25) is 15.1 Å². The molecule has 8 heteroatoms. The standard InChI is InChI=1S/C13H10Cl3NO3S/c14-9-3-1-8(2-4-9)7-17-21(19,20)12-6-10(15)5-11(16)13(12)18/h1-6,17-18H,7H2. The van der Waals surface area contributed by atoms with E-state index >= 15 is 0 Å². The van der Waals surface area contributed by atoms with Gasteiger partial charge in [-0.25, -0.2) is 13.1 Å². The summed E-state index contributed by atoms with van der Waals surface area (Å²) in [5.41, 5.74) is 0.718. The van der Waals surface area contributed by atoms with Crippen molar-refractivity contribution in [2.45, 2.75) is 11.4 Å². The summed E-state index contributed by atoms with van der Waals surface area (Å²) in [6.45, 7) is 0.0447. The fraction of sp³-hybridized carbons (Fsp3) is 0.0769. The Morgan fingerprint density at radius 2 is 1.62 bits per heavy atom. The Morgan fingerprint density at radius 1 is 1.00 bits per heavy atom. The van der Waals surface area contributed by atoms with E-state index in [-0.39, 0.29) is 21.5 Å². The summed E-state index contributed by atoms with van der Waals surface area (Å²) < 4.78 is 26.7. The van der Waals surface area contributed by atoms with Gasteiger partial charge in [-0.05, 0) is 29.8 Å². The van der Waals surface area contributed by atoms with Crippen molar-refractivity contribution in [1.82, 2.24) is 4.72 Å². The largest absolute Gasteiger partial charge is 0.505 e. The summed E-state index contributed by atoms with van der Waals surface area (Å²) in [6.07, 6.45) is 0. The van der Waals surface area contributed by atoms with Crippen LogP contribution in [-0.4, -0.2) is 13.5 Å². The molecule has 112 valence electrons. The quantitative estimate of drug-likeness (QED) is 0.864. The van der Waals surface area contributed by atoms with E-state index in [1.165, 1.54) is 6.07 Å². The molecule has 0 aliphatic carbocycles. The van der Waals surface area contributed by atoms with Gasteiger partial charge in [0, 0.05) is 16.6 Å².